The molecule has 4 nitrogen and oxygen atoms in total. The summed E-state index contributed by atoms with van der Waals surface area (Å²) in [7, 11) is 0. The largest absolute Gasteiger partial charge is 0.325 e. The SMILES string of the molecule is O=C(CSc1ncnc2scc(-c3ccc(F)cc3)c12)Nc1cccc2ccccc12. The number of aromatic nitrogens is 2. The third kappa shape index (κ3) is 4.02. The average molecular weight is 446 g/mol. The highest BCUT2D eigenvalue weighted by Gasteiger charge is 2.15. The highest BCUT2D eigenvalue weighted by molar-refractivity contribution is 8.00. The van der Waals surface area contributed by atoms with Crippen LogP contribution in [-0.2, 0) is 4.79 Å². The van der Waals surface area contributed by atoms with Gasteiger partial charge < -0.3 is 5.32 Å². The number of carbonyl (C=O) groups excluding carboxylic acids is 1. The lowest BCUT2D eigenvalue weighted by atomic mass is 10.1. The van der Waals surface area contributed by atoms with Crippen LogP contribution in [0.25, 0.3) is 32.1 Å². The molecule has 31 heavy (non-hydrogen) atoms. The molecule has 3 aromatic carbocycles. The van der Waals surface area contributed by atoms with Gasteiger partial charge in [0.1, 0.15) is 22.0 Å². The van der Waals surface area contributed by atoms with E-state index in [0.29, 0.717) is 0 Å². The topological polar surface area (TPSA) is 54.9 Å². The molecular formula is C24H16FN3OS2. The molecule has 0 fully saturated rings. The Balaban J connectivity index is 1.39. The minimum atomic E-state index is -0.278. The maximum Gasteiger partial charge on any atom is 0.234 e. The van der Waals surface area contributed by atoms with Crippen molar-refractivity contribution in [1.82, 2.24) is 9.97 Å². The minimum absolute atomic E-state index is 0.105. The fourth-order valence-electron chi connectivity index (χ4n) is 3.45. The Bertz CT molecular complexity index is 1390. The van der Waals surface area contributed by atoms with Crippen molar-refractivity contribution < 1.29 is 9.18 Å². The van der Waals surface area contributed by atoms with Crippen molar-refractivity contribution in [3.05, 3.63) is 84.3 Å². The van der Waals surface area contributed by atoms with Crippen molar-refractivity contribution in [1.29, 1.82) is 0 Å². The van der Waals surface area contributed by atoms with Crippen LogP contribution in [0.5, 0.6) is 0 Å². The van der Waals surface area contributed by atoms with Crippen molar-refractivity contribution in [3.63, 3.8) is 0 Å². The van der Waals surface area contributed by atoms with Crippen LogP contribution in [-0.4, -0.2) is 21.6 Å². The first-order valence-corrected chi connectivity index (χ1v) is 11.4. The minimum Gasteiger partial charge on any atom is -0.325 e. The lowest BCUT2D eigenvalue weighted by molar-refractivity contribution is -0.113. The molecule has 2 aromatic heterocycles. The van der Waals surface area contributed by atoms with Gasteiger partial charge in [-0.05, 0) is 29.1 Å². The van der Waals surface area contributed by atoms with Crippen LogP contribution in [0.3, 0.4) is 0 Å². The van der Waals surface area contributed by atoms with Gasteiger partial charge in [-0.15, -0.1) is 11.3 Å². The van der Waals surface area contributed by atoms with Crippen molar-refractivity contribution in [2.24, 2.45) is 0 Å². The molecular weight excluding hydrogens is 429 g/mol. The van der Waals surface area contributed by atoms with Crippen LogP contribution in [0.4, 0.5) is 10.1 Å². The van der Waals surface area contributed by atoms with Crippen LogP contribution in [0.15, 0.2) is 83.5 Å². The van der Waals surface area contributed by atoms with Gasteiger partial charge >= 0.3 is 0 Å². The number of fused-ring (bicyclic) bond motifs is 2. The van der Waals surface area contributed by atoms with Gasteiger partial charge in [0.25, 0.3) is 0 Å². The van der Waals surface area contributed by atoms with E-state index in [2.05, 4.69) is 15.3 Å². The van der Waals surface area contributed by atoms with Crippen LogP contribution < -0.4 is 5.32 Å². The number of amides is 1. The molecule has 0 aliphatic heterocycles. The fourth-order valence-corrected chi connectivity index (χ4v) is 5.25. The molecule has 5 aromatic rings. The maximum absolute atomic E-state index is 13.3. The second-order valence-electron chi connectivity index (χ2n) is 6.88. The van der Waals surface area contributed by atoms with Crippen molar-refractivity contribution in [2.75, 3.05) is 11.1 Å². The van der Waals surface area contributed by atoms with Gasteiger partial charge in [-0.3, -0.25) is 4.79 Å². The van der Waals surface area contributed by atoms with E-state index in [1.165, 1.54) is 41.6 Å². The van der Waals surface area contributed by atoms with Crippen molar-refractivity contribution >= 4 is 55.7 Å². The van der Waals surface area contributed by atoms with E-state index < -0.39 is 0 Å². The molecule has 0 unspecified atom stereocenters. The quantitative estimate of drug-likeness (QED) is 0.252. The molecule has 2 heterocycles. The molecule has 5 rings (SSSR count). The Morgan fingerprint density at radius 1 is 1.00 bits per heavy atom. The van der Waals surface area contributed by atoms with E-state index in [1.54, 1.807) is 12.1 Å². The summed E-state index contributed by atoms with van der Waals surface area (Å²) < 4.78 is 13.3. The number of benzene rings is 3. The van der Waals surface area contributed by atoms with Crippen molar-refractivity contribution in [3.8, 4) is 11.1 Å². The highest BCUT2D eigenvalue weighted by atomic mass is 32.2. The van der Waals surface area contributed by atoms with Crippen LogP contribution in [0, 0.1) is 5.82 Å². The summed E-state index contributed by atoms with van der Waals surface area (Å²) in [5.74, 6) is -0.167. The van der Waals surface area contributed by atoms with E-state index in [1.807, 2.05) is 47.8 Å². The van der Waals surface area contributed by atoms with Gasteiger partial charge in [0.15, 0.2) is 0 Å². The monoisotopic (exact) mass is 445 g/mol. The van der Waals surface area contributed by atoms with E-state index in [4.69, 9.17) is 0 Å². The zero-order chi connectivity index (χ0) is 21.2. The number of thiophene rings is 1. The second-order valence-corrected chi connectivity index (χ2v) is 8.70. The van der Waals surface area contributed by atoms with Crippen LogP contribution in [0.2, 0.25) is 0 Å². The number of carbonyl (C=O) groups is 1. The predicted octanol–water partition coefficient (Wildman–Crippen LogP) is 6.38. The van der Waals surface area contributed by atoms with E-state index in [-0.39, 0.29) is 17.5 Å². The molecule has 0 saturated carbocycles. The summed E-state index contributed by atoms with van der Waals surface area (Å²) in [5.41, 5.74) is 2.63. The molecule has 0 saturated heterocycles. The maximum atomic E-state index is 13.3. The third-order valence-electron chi connectivity index (χ3n) is 4.89. The predicted molar refractivity (Wildman–Crippen MR) is 126 cm³/mol. The standard InChI is InChI=1S/C24H16FN3OS2/c25-17-10-8-16(9-11-17)19-12-30-23-22(19)24(27-14-26-23)31-13-21(29)28-20-7-3-5-15-4-1-2-6-18(15)20/h1-12,14H,13H2,(H,28,29). The number of thioether (sulfide) groups is 1. The molecule has 152 valence electrons. The number of hydrogen-bond acceptors (Lipinski definition) is 5. The van der Waals surface area contributed by atoms with Crippen molar-refractivity contribution in [2.45, 2.75) is 5.03 Å². The molecule has 0 bridgehead atoms. The van der Waals surface area contributed by atoms with Gasteiger partial charge in [-0.25, -0.2) is 14.4 Å². The lowest BCUT2D eigenvalue weighted by Crippen LogP contribution is -2.14. The molecule has 1 N–H and O–H groups in total. The van der Waals surface area contributed by atoms with Crippen LogP contribution in [0.1, 0.15) is 0 Å². The molecule has 1 amide bonds. The second kappa shape index (κ2) is 8.45. The third-order valence-corrected chi connectivity index (χ3v) is 6.77. The summed E-state index contributed by atoms with van der Waals surface area (Å²) in [6.45, 7) is 0. The first kappa shape index (κ1) is 19.7. The zero-order valence-corrected chi connectivity index (χ0v) is 17.8. The summed E-state index contributed by atoms with van der Waals surface area (Å²) in [6, 6.07) is 20.2. The summed E-state index contributed by atoms with van der Waals surface area (Å²) in [5, 5.41) is 8.71. The summed E-state index contributed by atoms with van der Waals surface area (Å²) >= 11 is 2.88. The van der Waals surface area contributed by atoms with Gasteiger partial charge in [-0.1, -0.05) is 60.3 Å². The molecule has 0 aliphatic rings. The molecule has 0 atom stereocenters. The molecule has 0 aliphatic carbocycles. The average Bonchev–Trinajstić information content (AvgIpc) is 3.23. The summed E-state index contributed by atoms with van der Waals surface area (Å²) in [4.78, 5) is 22.3. The van der Waals surface area contributed by atoms with Gasteiger partial charge in [0.05, 0.1) is 11.1 Å². The van der Waals surface area contributed by atoms with E-state index >= 15 is 0 Å². The molecule has 7 heteroatoms. The first-order valence-electron chi connectivity index (χ1n) is 9.57. The molecule has 0 spiro atoms. The Hall–Kier alpha value is -3.29. The van der Waals surface area contributed by atoms with Gasteiger partial charge in [0, 0.05) is 22.0 Å². The van der Waals surface area contributed by atoms with E-state index in [0.717, 1.165) is 42.8 Å². The lowest BCUT2D eigenvalue weighted by Gasteiger charge is -2.09. The number of nitrogens with one attached hydrogen (secondary N) is 1. The van der Waals surface area contributed by atoms with Crippen LogP contribution >= 0.6 is 23.1 Å². The number of anilines is 1. The van der Waals surface area contributed by atoms with Gasteiger partial charge in [0.2, 0.25) is 5.91 Å². The number of hydrogen-bond donors (Lipinski definition) is 1. The number of rotatable bonds is 5. The zero-order valence-electron chi connectivity index (χ0n) is 16.2. The highest BCUT2D eigenvalue weighted by Crippen LogP contribution is 2.38. The normalized spacial score (nSPS) is 11.1. The first-order chi connectivity index (χ1) is 15.2. The Morgan fingerprint density at radius 2 is 1.81 bits per heavy atom. The Labute approximate surface area is 186 Å². The Morgan fingerprint density at radius 3 is 2.68 bits per heavy atom. The number of halogens is 1. The Kier molecular flexibility index (Phi) is 5.36. The van der Waals surface area contributed by atoms with E-state index in [9.17, 15) is 9.18 Å². The summed E-state index contributed by atoms with van der Waals surface area (Å²) in [6.07, 6.45) is 1.51. The van der Waals surface area contributed by atoms with Gasteiger partial charge in [-0.2, -0.15) is 0 Å². The molecule has 0 radical (unpaired) electrons. The smallest absolute Gasteiger partial charge is 0.234 e. The fraction of sp³-hybridized carbons (Fsp3) is 0.0417. The number of nitrogens with zero attached hydrogens (tertiary/aromatic N) is 2.